The molecule has 3 aliphatic heterocycles. The van der Waals surface area contributed by atoms with Crippen LogP contribution in [0.3, 0.4) is 0 Å². The van der Waals surface area contributed by atoms with Crippen LogP contribution < -0.4 is 27.6 Å². The van der Waals surface area contributed by atoms with Gasteiger partial charge in [-0.1, -0.05) is 0 Å². The number of rotatable bonds is 7. The lowest BCUT2D eigenvalue weighted by molar-refractivity contribution is -0.125. The number of ketones is 1. The van der Waals surface area contributed by atoms with Gasteiger partial charge in [0.25, 0.3) is 17.6 Å². The molecule has 4 heterocycles. The van der Waals surface area contributed by atoms with Gasteiger partial charge in [0.2, 0.25) is 0 Å². The Balaban J connectivity index is 1.31. The first-order valence-corrected chi connectivity index (χ1v) is 11.1. The molecule has 35 heavy (non-hydrogen) atoms. The molecule has 0 spiro atoms. The maximum absolute atomic E-state index is 13.6. The van der Waals surface area contributed by atoms with Gasteiger partial charge in [0.15, 0.2) is 11.6 Å². The fourth-order valence-corrected chi connectivity index (χ4v) is 5.62. The topological polar surface area (TPSA) is 154 Å². The SMILES string of the molecule is Cc1c(C(=O)C(=O)NC2(/C(N)=C/NN)COC2)c2n(c1C(=O)Nc1ccc(F)c(F)c1)C1C3C2[C@@H]31. The number of ether oxygens (including phenoxy) is 1. The van der Waals surface area contributed by atoms with Gasteiger partial charge >= 0.3 is 0 Å². The summed E-state index contributed by atoms with van der Waals surface area (Å²) >= 11 is 0. The lowest BCUT2D eigenvalue weighted by Gasteiger charge is -2.42. The number of anilines is 1. The highest BCUT2D eigenvalue weighted by molar-refractivity contribution is 6.44. The number of benzene rings is 1. The normalized spacial score (nSPS) is 26.2. The smallest absolute Gasteiger partial charge is 0.293 e. The number of amides is 2. The molecule has 1 aromatic carbocycles. The molecule has 2 amide bonds. The van der Waals surface area contributed by atoms with Crippen molar-refractivity contribution in [2.24, 2.45) is 23.4 Å². The molecule has 2 aromatic rings. The van der Waals surface area contributed by atoms with Crippen molar-refractivity contribution in [1.29, 1.82) is 0 Å². The number of carbonyl (C=O) groups is 3. The molecule has 12 heteroatoms. The maximum Gasteiger partial charge on any atom is 0.293 e. The van der Waals surface area contributed by atoms with Gasteiger partial charge in [-0.3, -0.25) is 20.2 Å². The molecule has 3 fully saturated rings. The summed E-state index contributed by atoms with van der Waals surface area (Å²) in [5, 5.41) is 5.24. The minimum absolute atomic E-state index is 0.0786. The number of hydrogen-bond acceptors (Lipinski definition) is 7. The van der Waals surface area contributed by atoms with Gasteiger partial charge in [-0.05, 0) is 36.5 Å². The number of halogens is 2. The second-order valence-corrected chi connectivity index (χ2v) is 9.48. The van der Waals surface area contributed by atoms with E-state index in [0.29, 0.717) is 23.1 Å². The van der Waals surface area contributed by atoms with Crippen molar-refractivity contribution < 1.29 is 27.9 Å². The molecule has 5 aliphatic rings. The Morgan fingerprint density at radius 3 is 2.51 bits per heavy atom. The third-order valence-electron chi connectivity index (χ3n) is 7.55. The minimum Gasteiger partial charge on any atom is -0.399 e. The van der Waals surface area contributed by atoms with Crippen LogP contribution in [0.5, 0.6) is 0 Å². The Labute approximate surface area is 197 Å². The van der Waals surface area contributed by atoms with Crippen LogP contribution in [0.4, 0.5) is 14.5 Å². The molecule has 10 nitrogen and oxygen atoms in total. The summed E-state index contributed by atoms with van der Waals surface area (Å²) in [5.74, 6) is 1.84. The van der Waals surface area contributed by atoms with Crippen molar-refractivity contribution in [2.75, 3.05) is 18.5 Å². The van der Waals surface area contributed by atoms with Crippen LogP contribution in [0.25, 0.3) is 0 Å². The van der Waals surface area contributed by atoms with Gasteiger partial charge in [0, 0.05) is 35.6 Å². The van der Waals surface area contributed by atoms with Crippen LogP contribution in [0, 0.1) is 30.4 Å². The molecule has 1 saturated heterocycles. The van der Waals surface area contributed by atoms with E-state index in [-0.39, 0.29) is 47.8 Å². The number of nitrogens with one attached hydrogen (secondary N) is 3. The second-order valence-electron chi connectivity index (χ2n) is 9.48. The first-order valence-electron chi connectivity index (χ1n) is 11.1. The first kappa shape index (κ1) is 21.7. The van der Waals surface area contributed by atoms with E-state index in [1.165, 1.54) is 12.3 Å². The van der Waals surface area contributed by atoms with Crippen LogP contribution in [0.2, 0.25) is 0 Å². The van der Waals surface area contributed by atoms with Crippen molar-refractivity contribution >= 4 is 23.3 Å². The predicted molar refractivity (Wildman–Crippen MR) is 118 cm³/mol. The molecule has 1 aromatic heterocycles. The van der Waals surface area contributed by atoms with E-state index in [1.54, 1.807) is 6.92 Å². The second kappa shape index (κ2) is 7.12. The van der Waals surface area contributed by atoms with Gasteiger partial charge in [0.05, 0.1) is 24.5 Å². The van der Waals surface area contributed by atoms with Crippen molar-refractivity contribution in [3.8, 4) is 0 Å². The molecule has 2 aliphatic carbocycles. The molecule has 2 saturated carbocycles. The van der Waals surface area contributed by atoms with E-state index in [1.807, 2.05) is 4.57 Å². The average Bonchev–Trinajstić information content (AvgIpc) is 3.58. The van der Waals surface area contributed by atoms with Crippen LogP contribution in [-0.4, -0.2) is 40.9 Å². The summed E-state index contributed by atoms with van der Waals surface area (Å²) < 4.78 is 33.9. The number of hydrogen-bond donors (Lipinski definition) is 5. The highest BCUT2D eigenvalue weighted by atomic mass is 19.2. The van der Waals surface area contributed by atoms with Gasteiger partial charge in [-0.15, -0.1) is 0 Å². The Morgan fingerprint density at radius 2 is 1.91 bits per heavy atom. The van der Waals surface area contributed by atoms with Gasteiger partial charge < -0.3 is 31.1 Å². The Bertz CT molecular complexity index is 1350. The molecular formula is C23H22F2N6O4. The Hall–Kier alpha value is -3.77. The van der Waals surface area contributed by atoms with E-state index >= 15 is 0 Å². The first-order chi connectivity index (χ1) is 16.7. The third-order valence-corrected chi connectivity index (χ3v) is 7.55. The highest BCUT2D eigenvalue weighted by Gasteiger charge is 2.81. The number of nitrogens with zero attached hydrogens (tertiary/aromatic N) is 1. The summed E-state index contributed by atoms with van der Waals surface area (Å²) in [6.45, 7) is 1.77. The molecule has 2 bridgehead atoms. The van der Waals surface area contributed by atoms with Gasteiger partial charge in [-0.25, -0.2) is 8.78 Å². The monoisotopic (exact) mass is 484 g/mol. The number of Topliss-reactive ketones (excluding diaryl/α,β-unsaturated/α-hetero) is 1. The summed E-state index contributed by atoms with van der Waals surface area (Å²) in [6, 6.07) is 3.17. The van der Waals surface area contributed by atoms with E-state index in [9.17, 15) is 23.2 Å². The number of nitrogens with two attached hydrogens (primary N) is 2. The van der Waals surface area contributed by atoms with Crippen molar-refractivity contribution in [2.45, 2.75) is 24.4 Å². The molecule has 7 rings (SSSR count). The lowest BCUT2D eigenvalue weighted by Crippen LogP contribution is -2.66. The zero-order valence-corrected chi connectivity index (χ0v) is 18.5. The molecule has 3 unspecified atom stereocenters. The van der Waals surface area contributed by atoms with E-state index in [2.05, 4.69) is 16.1 Å². The number of aromatic nitrogens is 1. The van der Waals surface area contributed by atoms with Crippen molar-refractivity contribution in [3.05, 3.63) is 64.2 Å². The van der Waals surface area contributed by atoms with E-state index in [4.69, 9.17) is 16.3 Å². The van der Waals surface area contributed by atoms with E-state index in [0.717, 1.165) is 12.1 Å². The van der Waals surface area contributed by atoms with Crippen molar-refractivity contribution in [1.82, 2.24) is 15.3 Å². The summed E-state index contributed by atoms with van der Waals surface area (Å²) in [7, 11) is 0. The fraction of sp³-hybridized carbons (Fsp3) is 0.348. The molecule has 4 atom stereocenters. The summed E-state index contributed by atoms with van der Waals surface area (Å²) in [4.78, 5) is 39.6. The number of carbonyl (C=O) groups excluding carboxylic acids is 3. The summed E-state index contributed by atoms with van der Waals surface area (Å²) in [5.41, 5.74) is 9.03. The van der Waals surface area contributed by atoms with Crippen LogP contribution in [0.1, 0.15) is 44.1 Å². The Kier molecular flexibility index (Phi) is 4.42. The van der Waals surface area contributed by atoms with Crippen LogP contribution in [0.15, 0.2) is 30.1 Å². The average molecular weight is 484 g/mol. The van der Waals surface area contributed by atoms with Gasteiger partial charge in [0.1, 0.15) is 11.2 Å². The quantitative estimate of drug-likeness (QED) is 0.167. The molecular weight excluding hydrogens is 462 g/mol. The third kappa shape index (κ3) is 2.89. The fourth-order valence-electron chi connectivity index (χ4n) is 5.62. The molecule has 182 valence electrons. The minimum atomic E-state index is -1.09. The maximum atomic E-state index is 13.6. The Morgan fingerprint density at radius 1 is 1.20 bits per heavy atom. The lowest BCUT2D eigenvalue weighted by atomic mass is 9.92. The number of hydrazine groups is 1. The highest BCUT2D eigenvalue weighted by Crippen LogP contribution is 2.86. The largest absolute Gasteiger partial charge is 0.399 e. The summed E-state index contributed by atoms with van der Waals surface area (Å²) in [6.07, 6.45) is 1.31. The zero-order chi connectivity index (χ0) is 24.8. The standard InChI is InChI=1S/C23H22F2N6O4/c1-8-13(20(32)22(34)30-23(6-35-7-23)12(26)5-28-27)18-14-15-16(14)19(15)31(18)17(8)21(33)29-9-2-3-10(24)11(25)4-9/h2-5,14-16,19,28H,6-7,26-27H2,1H3,(H,29,33)(H,30,34)/b12-5-/t14?,15-,16?,19?/m0/s1. The van der Waals surface area contributed by atoms with E-state index < -0.39 is 34.8 Å². The van der Waals surface area contributed by atoms with Crippen molar-refractivity contribution in [3.63, 3.8) is 0 Å². The molecule has 0 radical (unpaired) electrons. The van der Waals surface area contributed by atoms with Gasteiger partial charge in [-0.2, -0.15) is 0 Å². The van der Waals surface area contributed by atoms with Crippen LogP contribution in [-0.2, 0) is 9.53 Å². The van der Waals surface area contributed by atoms with Crippen LogP contribution >= 0.6 is 0 Å². The zero-order valence-electron chi connectivity index (χ0n) is 18.5. The predicted octanol–water partition coefficient (Wildman–Crippen LogP) is 0.556. The molecule has 7 N–H and O–H groups in total.